The third-order valence-electron chi connectivity index (χ3n) is 4.41. The second-order valence-corrected chi connectivity index (χ2v) is 6.37. The maximum absolute atomic E-state index is 10.9. The first kappa shape index (κ1) is 18.2. The topological polar surface area (TPSA) is 49.3 Å². The molecule has 2 N–H and O–H groups in total. The highest BCUT2D eigenvalue weighted by molar-refractivity contribution is 5.66. The Morgan fingerprint density at radius 2 is 1.62 bits per heavy atom. The number of carboxylic acids is 1. The summed E-state index contributed by atoms with van der Waals surface area (Å²) >= 11 is 0. The molecular weight excluding hydrogens is 298 g/mol. The maximum Gasteiger partial charge on any atom is 0.303 e. The summed E-state index contributed by atoms with van der Waals surface area (Å²) in [4.78, 5) is 10.9. The zero-order chi connectivity index (χ0) is 17.2. The molecule has 0 saturated carbocycles. The lowest BCUT2D eigenvalue weighted by molar-refractivity contribution is -0.137. The molecule has 0 aromatic heterocycles. The van der Waals surface area contributed by atoms with E-state index in [1.165, 1.54) is 11.1 Å². The molecule has 0 bridgehead atoms. The van der Waals surface area contributed by atoms with Crippen LogP contribution in [0.4, 0.5) is 0 Å². The maximum atomic E-state index is 10.9. The zero-order valence-electron chi connectivity index (χ0n) is 14.3. The van der Waals surface area contributed by atoms with Gasteiger partial charge < -0.3 is 10.4 Å². The molecule has 0 spiro atoms. The lowest BCUT2D eigenvalue weighted by atomic mass is 9.97. The van der Waals surface area contributed by atoms with Crippen molar-refractivity contribution in [3.8, 4) is 0 Å². The van der Waals surface area contributed by atoms with Crippen molar-refractivity contribution in [3.63, 3.8) is 0 Å². The minimum Gasteiger partial charge on any atom is -0.481 e. The van der Waals surface area contributed by atoms with Crippen molar-refractivity contribution < 1.29 is 9.90 Å². The van der Waals surface area contributed by atoms with Gasteiger partial charge in [-0.25, -0.2) is 0 Å². The van der Waals surface area contributed by atoms with E-state index < -0.39 is 5.97 Å². The Morgan fingerprint density at radius 1 is 1.00 bits per heavy atom. The molecule has 2 atom stereocenters. The van der Waals surface area contributed by atoms with Crippen LogP contribution in [0.25, 0.3) is 0 Å². The van der Waals surface area contributed by atoms with Crippen LogP contribution in [0.15, 0.2) is 60.7 Å². The third-order valence-corrected chi connectivity index (χ3v) is 4.41. The Bertz CT molecular complexity index is 598. The minimum absolute atomic E-state index is 0.200. The highest BCUT2D eigenvalue weighted by atomic mass is 16.4. The van der Waals surface area contributed by atoms with Gasteiger partial charge in [-0.3, -0.25) is 4.79 Å². The summed E-state index contributed by atoms with van der Waals surface area (Å²) in [5, 5.41) is 12.5. The number of hydrogen-bond donors (Lipinski definition) is 2. The van der Waals surface area contributed by atoms with Crippen molar-refractivity contribution in [2.75, 3.05) is 6.54 Å². The van der Waals surface area contributed by atoms with Crippen molar-refractivity contribution in [2.45, 2.75) is 44.6 Å². The molecule has 2 aromatic carbocycles. The van der Waals surface area contributed by atoms with Gasteiger partial charge in [-0.2, -0.15) is 0 Å². The summed E-state index contributed by atoms with van der Waals surface area (Å²) in [5.41, 5.74) is 2.60. The van der Waals surface area contributed by atoms with Crippen molar-refractivity contribution in [1.29, 1.82) is 0 Å². The van der Waals surface area contributed by atoms with Crippen LogP contribution in [0, 0.1) is 0 Å². The van der Waals surface area contributed by atoms with E-state index >= 15 is 0 Å². The van der Waals surface area contributed by atoms with Gasteiger partial charge in [-0.1, -0.05) is 67.6 Å². The van der Waals surface area contributed by atoms with Gasteiger partial charge in [0.1, 0.15) is 0 Å². The lowest BCUT2D eigenvalue weighted by Gasteiger charge is -2.20. The Hall–Kier alpha value is -2.13. The predicted molar refractivity (Wildman–Crippen MR) is 98.3 cm³/mol. The molecule has 0 saturated heterocycles. The Morgan fingerprint density at radius 3 is 2.25 bits per heavy atom. The van der Waals surface area contributed by atoms with Crippen LogP contribution in [0.2, 0.25) is 0 Å². The number of hydrogen-bond acceptors (Lipinski definition) is 2. The molecule has 2 unspecified atom stereocenters. The monoisotopic (exact) mass is 325 g/mol. The second kappa shape index (κ2) is 9.89. The third kappa shape index (κ3) is 6.55. The van der Waals surface area contributed by atoms with Crippen molar-refractivity contribution in [3.05, 3.63) is 71.8 Å². The minimum atomic E-state index is -0.729. The van der Waals surface area contributed by atoms with E-state index in [1.54, 1.807) is 0 Å². The van der Waals surface area contributed by atoms with Crippen LogP contribution in [0.3, 0.4) is 0 Å². The molecule has 2 aromatic rings. The first-order chi connectivity index (χ1) is 11.6. The van der Waals surface area contributed by atoms with Crippen LogP contribution in [0.1, 0.15) is 43.2 Å². The van der Waals surface area contributed by atoms with Gasteiger partial charge in [-0.05, 0) is 42.9 Å². The van der Waals surface area contributed by atoms with Gasteiger partial charge in [0.2, 0.25) is 0 Å². The molecule has 2 rings (SSSR count). The average Bonchev–Trinajstić information content (AvgIpc) is 2.61. The fourth-order valence-electron chi connectivity index (χ4n) is 2.92. The van der Waals surface area contributed by atoms with Crippen LogP contribution < -0.4 is 5.32 Å². The molecule has 0 aliphatic heterocycles. The molecule has 3 heteroatoms. The Labute approximate surface area is 144 Å². The van der Waals surface area contributed by atoms with Gasteiger partial charge in [0, 0.05) is 12.5 Å². The highest BCUT2D eigenvalue weighted by Gasteiger charge is 2.12. The molecule has 0 amide bonds. The fraction of sp³-hybridized carbons (Fsp3) is 0.381. The standard InChI is InChI=1S/C21H27NO2/c1-17(19-10-6-3-7-11-19)14-15-22-20(12-13-21(23)24)16-18-8-4-2-5-9-18/h2-11,17,20,22H,12-16H2,1H3,(H,23,24). The van der Waals surface area contributed by atoms with Crippen LogP contribution in [-0.4, -0.2) is 23.7 Å². The molecule has 0 aliphatic rings. The lowest BCUT2D eigenvalue weighted by Crippen LogP contribution is -2.33. The number of benzene rings is 2. The van der Waals surface area contributed by atoms with E-state index in [0.717, 1.165) is 19.4 Å². The quantitative estimate of drug-likeness (QED) is 0.687. The van der Waals surface area contributed by atoms with Gasteiger partial charge in [-0.15, -0.1) is 0 Å². The first-order valence-electron chi connectivity index (χ1n) is 8.69. The number of nitrogens with one attached hydrogen (secondary N) is 1. The summed E-state index contributed by atoms with van der Waals surface area (Å²) in [6, 6.07) is 21.0. The number of carboxylic acid groups (broad SMARTS) is 1. The van der Waals surface area contributed by atoms with Crippen LogP contribution >= 0.6 is 0 Å². The molecule has 0 fully saturated rings. The van der Waals surface area contributed by atoms with Crippen molar-refractivity contribution >= 4 is 5.97 Å². The number of rotatable bonds is 10. The first-order valence-corrected chi connectivity index (χ1v) is 8.69. The fourth-order valence-corrected chi connectivity index (χ4v) is 2.92. The Balaban J connectivity index is 1.84. The van der Waals surface area contributed by atoms with E-state index in [9.17, 15) is 4.79 Å². The van der Waals surface area contributed by atoms with E-state index in [0.29, 0.717) is 12.3 Å². The van der Waals surface area contributed by atoms with Gasteiger partial charge in [0.05, 0.1) is 0 Å². The zero-order valence-corrected chi connectivity index (χ0v) is 14.3. The number of aliphatic carboxylic acids is 1. The molecule has 128 valence electrons. The summed E-state index contributed by atoms with van der Waals surface area (Å²) in [7, 11) is 0. The van der Waals surface area contributed by atoms with Gasteiger partial charge in [0.25, 0.3) is 0 Å². The summed E-state index contributed by atoms with van der Waals surface area (Å²) in [6.45, 7) is 3.13. The van der Waals surface area contributed by atoms with Gasteiger partial charge in [0.15, 0.2) is 0 Å². The van der Waals surface area contributed by atoms with E-state index in [1.807, 2.05) is 24.3 Å². The predicted octanol–water partition coefficient (Wildman–Crippen LogP) is 4.25. The molecule has 0 heterocycles. The summed E-state index contributed by atoms with van der Waals surface area (Å²) in [5.74, 6) is -0.233. The molecule has 0 aliphatic carbocycles. The summed E-state index contributed by atoms with van der Waals surface area (Å²) in [6.07, 6.45) is 2.78. The van der Waals surface area contributed by atoms with Gasteiger partial charge >= 0.3 is 5.97 Å². The summed E-state index contributed by atoms with van der Waals surface area (Å²) < 4.78 is 0. The average molecular weight is 325 g/mol. The van der Waals surface area contributed by atoms with E-state index in [2.05, 4.69) is 48.6 Å². The molecular formula is C21H27NO2. The van der Waals surface area contributed by atoms with Crippen LogP contribution in [0.5, 0.6) is 0 Å². The van der Waals surface area contributed by atoms with Crippen LogP contribution in [-0.2, 0) is 11.2 Å². The smallest absolute Gasteiger partial charge is 0.303 e. The largest absolute Gasteiger partial charge is 0.481 e. The SMILES string of the molecule is CC(CCNC(CCC(=O)O)Cc1ccccc1)c1ccccc1. The Kier molecular flexibility index (Phi) is 7.50. The second-order valence-electron chi connectivity index (χ2n) is 6.37. The van der Waals surface area contributed by atoms with E-state index in [4.69, 9.17) is 5.11 Å². The number of carbonyl (C=O) groups is 1. The molecule has 24 heavy (non-hydrogen) atoms. The molecule has 3 nitrogen and oxygen atoms in total. The van der Waals surface area contributed by atoms with Crippen molar-refractivity contribution in [1.82, 2.24) is 5.32 Å². The normalized spacial score (nSPS) is 13.4. The highest BCUT2D eigenvalue weighted by Crippen LogP contribution is 2.18. The van der Waals surface area contributed by atoms with E-state index in [-0.39, 0.29) is 12.5 Å². The van der Waals surface area contributed by atoms with Crippen molar-refractivity contribution in [2.24, 2.45) is 0 Å². The molecule has 0 radical (unpaired) electrons.